The van der Waals surface area contributed by atoms with Gasteiger partial charge in [-0.3, -0.25) is 4.79 Å². The largest absolute Gasteiger partial charge is 0.408 e. The molecule has 1 saturated heterocycles. The fourth-order valence-corrected chi connectivity index (χ4v) is 2.67. The van der Waals surface area contributed by atoms with Crippen molar-refractivity contribution in [2.45, 2.75) is 20.3 Å². The van der Waals surface area contributed by atoms with E-state index in [-0.39, 0.29) is 5.91 Å². The number of amides is 1. The molecule has 3 rings (SSSR count). The van der Waals surface area contributed by atoms with Crippen molar-refractivity contribution in [2.24, 2.45) is 0 Å². The van der Waals surface area contributed by atoms with Crippen molar-refractivity contribution in [3.8, 4) is 0 Å². The highest BCUT2D eigenvalue weighted by Gasteiger charge is 2.23. The first-order valence-electron chi connectivity index (χ1n) is 7.50. The number of rotatable bonds is 3. The van der Waals surface area contributed by atoms with Crippen LogP contribution in [-0.2, 0) is 11.2 Å². The minimum atomic E-state index is 0.173. The molecule has 0 spiro atoms. The molecule has 6 heteroatoms. The molecule has 1 aromatic carbocycles. The van der Waals surface area contributed by atoms with Crippen molar-refractivity contribution in [2.75, 3.05) is 31.1 Å². The smallest absolute Gasteiger partial charge is 0.318 e. The second-order valence-electron chi connectivity index (χ2n) is 5.64. The summed E-state index contributed by atoms with van der Waals surface area (Å²) in [6, 6.07) is 8.65. The maximum absolute atomic E-state index is 12.4. The molecule has 2 heterocycles. The van der Waals surface area contributed by atoms with E-state index in [4.69, 9.17) is 4.42 Å². The van der Waals surface area contributed by atoms with E-state index in [0.29, 0.717) is 31.4 Å². The maximum atomic E-state index is 12.4. The van der Waals surface area contributed by atoms with Crippen LogP contribution in [-0.4, -0.2) is 47.2 Å². The Morgan fingerprint density at radius 2 is 1.95 bits per heavy atom. The van der Waals surface area contributed by atoms with Gasteiger partial charge in [0.1, 0.15) is 0 Å². The summed E-state index contributed by atoms with van der Waals surface area (Å²) in [6.45, 7) is 6.64. The lowest BCUT2D eigenvalue weighted by Gasteiger charge is -2.33. The normalized spacial score (nSPS) is 15.2. The molecule has 0 atom stereocenters. The number of hydrogen-bond acceptors (Lipinski definition) is 5. The zero-order valence-corrected chi connectivity index (χ0v) is 13.0. The van der Waals surface area contributed by atoms with E-state index in [1.807, 2.05) is 34.9 Å². The van der Waals surface area contributed by atoms with Crippen molar-refractivity contribution in [3.63, 3.8) is 0 Å². The summed E-state index contributed by atoms with van der Waals surface area (Å²) in [6.07, 6.45) is 0.460. The summed E-state index contributed by atoms with van der Waals surface area (Å²) < 4.78 is 5.43. The first-order chi connectivity index (χ1) is 10.6. The quantitative estimate of drug-likeness (QED) is 0.861. The van der Waals surface area contributed by atoms with Crippen molar-refractivity contribution < 1.29 is 9.21 Å². The lowest BCUT2D eigenvalue weighted by atomic mass is 10.1. The molecule has 0 saturated carbocycles. The summed E-state index contributed by atoms with van der Waals surface area (Å²) in [5.74, 6) is 0.736. The molecule has 6 nitrogen and oxygen atoms in total. The topological polar surface area (TPSA) is 62.5 Å². The number of nitrogens with zero attached hydrogens (tertiary/aromatic N) is 4. The van der Waals surface area contributed by atoms with Crippen LogP contribution in [0.2, 0.25) is 0 Å². The Hall–Kier alpha value is -2.37. The van der Waals surface area contributed by atoms with E-state index in [0.717, 1.165) is 18.7 Å². The third kappa shape index (κ3) is 3.27. The van der Waals surface area contributed by atoms with E-state index in [1.165, 1.54) is 5.56 Å². The number of hydrogen-bond donors (Lipinski definition) is 0. The van der Waals surface area contributed by atoms with Crippen LogP contribution in [0.25, 0.3) is 0 Å². The van der Waals surface area contributed by atoms with Crippen LogP contribution in [0.4, 0.5) is 6.01 Å². The Kier molecular flexibility index (Phi) is 4.09. The molecule has 0 aliphatic carbocycles. The summed E-state index contributed by atoms with van der Waals surface area (Å²) in [7, 11) is 0. The number of aryl methyl sites for hydroxylation is 2. The van der Waals surface area contributed by atoms with Gasteiger partial charge in [0.2, 0.25) is 11.8 Å². The van der Waals surface area contributed by atoms with E-state index >= 15 is 0 Å². The van der Waals surface area contributed by atoms with Crippen LogP contribution in [0.1, 0.15) is 17.0 Å². The maximum Gasteiger partial charge on any atom is 0.318 e. The van der Waals surface area contributed by atoms with Gasteiger partial charge in [0, 0.05) is 33.1 Å². The van der Waals surface area contributed by atoms with Crippen molar-refractivity contribution in [1.29, 1.82) is 0 Å². The molecule has 116 valence electrons. The summed E-state index contributed by atoms with van der Waals surface area (Å²) in [5, 5.41) is 7.86. The van der Waals surface area contributed by atoms with Crippen LogP contribution in [0.5, 0.6) is 0 Å². The van der Waals surface area contributed by atoms with Crippen LogP contribution < -0.4 is 4.90 Å². The van der Waals surface area contributed by atoms with E-state index in [2.05, 4.69) is 16.3 Å². The lowest BCUT2D eigenvalue weighted by Crippen LogP contribution is -2.49. The zero-order chi connectivity index (χ0) is 15.5. The van der Waals surface area contributed by atoms with Gasteiger partial charge < -0.3 is 14.2 Å². The van der Waals surface area contributed by atoms with Crippen LogP contribution in [0.3, 0.4) is 0 Å². The molecule has 0 unspecified atom stereocenters. The second kappa shape index (κ2) is 6.17. The number of carbonyl (C=O) groups excluding carboxylic acids is 1. The van der Waals surface area contributed by atoms with Gasteiger partial charge in [0.05, 0.1) is 6.42 Å². The van der Waals surface area contributed by atoms with Crippen molar-refractivity contribution in [3.05, 3.63) is 41.3 Å². The fourth-order valence-electron chi connectivity index (χ4n) is 2.67. The Morgan fingerprint density at radius 1 is 1.18 bits per heavy atom. The second-order valence-corrected chi connectivity index (χ2v) is 5.64. The van der Waals surface area contributed by atoms with Crippen LogP contribution in [0.15, 0.2) is 28.7 Å². The van der Waals surface area contributed by atoms with E-state index in [9.17, 15) is 4.79 Å². The van der Waals surface area contributed by atoms with Gasteiger partial charge in [-0.1, -0.05) is 34.9 Å². The highest BCUT2D eigenvalue weighted by atomic mass is 16.4. The van der Waals surface area contributed by atoms with Crippen LogP contribution in [0, 0.1) is 13.8 Å². The highest BCUT2D eigenvalue weighted by molar-refractivity contribution is 5.79. The lowest BCUT2D eigenvalue weighted by molar-refractivity contribution is -0.130. The molecular weight excluding hydrogens is 280 g/mol. The molecule has 1 aliphatic heterocycles. The third-order valence-corrected chi connectivity index (χ3v) is 3.86. The van der Waals surface area contributed by atoms with Gasteiger partial charge in [0.25, 0.3) is 0 Å². The molecule has 1 aliphatic rings. The summed E-state index contributed by atoms with van der Waals surface area (Å²) in [4.78, 5) is 16.3. The van der Waals surface area contributed by atoms with E-state index < -0.39 is 0 Å². The number of piperazine rings is 1. The molecule has 1 aromatic heterocycles. The molecule has 1 amide bonds. The van der Waals surface area contributed by atoms with Gasteiger partial charge in [-0.25, -0.2) is 0 Å². The average Bonchev–Trinajstić information content (AvgIpc) is 2.94. The first-order valence-corrected chi connectivity index (χ1v) is 7.50. The Morgan fingerprint density at radius 3 is 2.59 bits per heavy atom. The van der Waals surface area contributed by atoms with Crippen molar-refractivity contribution >= 4 is 11.9 Å². The fraction of sp³-hybridized carbons (Fsp3) is 0.438. The standard InChI is InChI=1S/C16H20N4O2/c1-12-4-3-5-14(10-12)11-15(21)19-6-8-20(9-7-19)16-18-17-13(2)22-16/h3-5,10H,6-9,11H2,1-2H3. The summed E-state index contributed by atoms with van der Waals surface area (Å²) >= 11 is 0. The number of carbonyl (C=O) groups is 1. The zero-order valence-electron chi connectivity index (χ0n) is 13.0. The van der Waals surface area contributed by atoms with Gasteiger partial charge in [0.15, 0.2) is 0 Å². The minimum absolute atomic E-state index is 0.173. The Labute approximate surface area is 129 Å². The van der Waals surface area contributed by atoms with Gasteiger partial charge in [-0.2, -0.15) is 0 Å². The molecule has 2 aromatic rings. The van der Waals surface area contributed by atoms with Gasteiger partial charge in [-0.15, -0.1) is 5.10 Å². The molecule has 22 heavy (non-hydrogen) atoms. The SMILES string of the molecule is Cc1cccc(CC(=O)N2CCN(c3nnc(C)o3)CC2)c1. The van der Waals surface area contributed by atoms with Gasteiger partial charge in [-0.05, 0) is 12.5 Å². The van der Waals surface area contributed by atoms with Crippen molar-refractivity contribution in [1.82, 2.24) is 15.1 Å². The van der Waals surface area contributed by atoms with Crippen LogP contribution >= 0.6 is 0 Å². The third-order valence-electron chi connectivity index (χ3n) is 3.86. The molecule has 0 radical (unpaired) electrons. The first kappa shape index (κ1) is 14.6. The minimum Gasteiger partial charge on any atom is -0.408 e. The predicted octanol–water partition coefficient (Wildman–Crippen LogP) is 1.58. The number of aromatic nitrogens is 2. The molecule has 1 fully saturated rings. The summed E-state index contributed by atoms with van der Waals surface area (Å²) in [5.41, 5.74) is 2.25. The molecular formula is C16H20N4O2. The van der Waals surface area contributed by atoms with E-state index in [1.54, 1.807) is 6.92 Å². The molecule has 0 bridgehead atoms. The number of anilines is 1. The molecule has 0 N–H and O–H groups in total. The average molecular weight is 300 g/mol. The Balaban J connectivity index is 1.55. The Bertz CT molecular complexity index is 660. The monoisotopic (exact) mass is 300 g/mol. The predicted molar refractivity (Wildman–Crippen MR) is 82.7 cm³/mol. The number of benzene rings is 1. The van der Waals surface area contributed by atoms with Gasteiger partial charge >= 0.3 is 6.01 Å². The highest BCUT2D eigenvalue weighted by Crippen LogP contribution is 2.15.